The van der Waals surface area contributed by atoms with E-state index in [2.05, 4.69) is 17.5 Å². The Morgan fingerprint density at radius 1 is 1.21 bits per heavy atom. The van der Waals surface area contributed by atoms with E-state index in [-0.39, 0.29) is 5.91 Å². The van der Waals surface area contributed by atoms with Gasteiger partial charge in [0, 0.05) is 12.6 Å². The third kappa shape index (κ3) is 7.92. The molecule has 1 rings (SSSR count). The Bertz CT molecular complexity index is 410. The van der Waals surface area contributed by atoms with E-state index in [0.29, 0.717) is 6.42 Å². The summed E-state index contributed by atoms with van der Waals surface area (Å²) in [6.45, 7) is 2.16. The number of carbonyl (C=O) groups is 1. The number of carbonyl (C=O) groups excluding carboxylic acids is 1. The van der Waals surface area contributed by atoms with Gasteiger partial charge in [0.15, 0.2) is 0 Å². The van der Waals surface area contributed by atoms with Crippen molar-refractivity contribution in [3.8, 4) is 0 Å². The number of rotatable bonds is 8. The summed E-state index contributed by atoms with van der Waals surface area (Å²) < 4.78 is 0. The maximum atomic E-state index is 11.4. The van der Waals surface area contributed by atoms with Crippen LogP contribution in [0.25, 0.3) is 6.08 Å². The fraction of sp³-hybridized carbons (Fsp3) is 0.375. The molecule has 102 valence electrons. The SMILES string of the molecule is CCCCCCC(=O)N/N=C/C=C/c1ccccc1. The van der Waals surface area contributed by atoms with Crippen LogP contribution in [-0.2, 0) is 4.79 Å². The van der Waals surface area contributed by atoms with Gasteiger partial charge in [0.1, 0.15) is 0 Å². The second-order valence-electron chi connectivity index (χ2n) is 4.39. The smallest absolute Gasteiger partial charge is 0.240 e. The minimum atomic E-state index is -0.0135. The van der Waals surface area contributed by atoms with Crippen LogP contribution >= 0.6 is 0 Å². The normalized spacial score (nSPS) is 11.2. The summed E-state index contributed by atoms with van der Waals surface area (Å²) in [7, 11) is 0. The molecule has 0 aliphatic rings. The summed E-state index contributed by atoms with van der Waals surface area (Å²) in [5.41, 5.74) is 3.64. The number of hydrogen-bond acceptors (Lipinski definition) is 2. The minimum absolute atomic E-state index is 0.0135. The van der Waals surface area contributed by atoms with E-state index in [0.717, 1.165) is 18.4 Å². The Morgan fingerprint density at radius 2 is 2.00 bits per heavy atom. The highest BCUT2D eigenvalue weighted by Crippen LogP contribution is 2.02. The lowest BCUT2D eigenvalue weighted by Gasteiger charge is -1.98. The first-order valence-electron chi connectivity index (χ1n) is 6.86. The van der Waals surface area contributed by atoms with Gasteiger partial charge in [-0.05, 0) is 18.1 Å². The molecule has 0 atom stereocenters. The van der Waals surface area contributed by atoms with Gasteiger partial charge >= 0.3 is 0 Å². The van der Waals surface area contributed by atoms with Crippen LogP contribution in [-0.4, -0.2) is 12.1 Å². The molecule has 0 saturated carbocycles. The van der Waals surface area contributed by atoms with E-state index >= 15 is 0 Å². The number of allylic oxidation sites excluding steroid dienone is 1. The summed E-state index contributed by atoms with van der Waals surface area (Å²) >= 11 is 0. The summed E-state index contributed by atoms with van der Waals surface area (Å²) in [4.78, 5) is 11.4. The molecule has 0 aliphatic heterocycles. The largest absolute Gasteiger partial charge is 0.273 e. The van der Waals surface area contributed by atoms with Crippen molar-refractivity contribution >= 4 is 18.2 Å². The Morgan fingerprint density at radius 3 is 2.74 bits per heavy atom. The van der Waals surface area contributed by atoms with Crippen LogP contribution in [0.15, 0.2) is 41.5 Å². The zero-order valence-corrected chi connectivity index (χ0v) is 11.5. The summed E-state index contributed by atoms with van der Waals surface area (Å²) in [6.07, 6.45) is 10.3. The minimum Gasteiger partial charge on any atom is -0.273 e. The van der Waals surface area contributed by atoms with Crippen molar-refractivity contribution in [1.82, 2.24) is 5.43 Å². The Kier molecular flexibility index (Phi) is 8.03. The quantitative estimate of drug-likeness (QED) is 0.430. The first-order valence-corrected chi connectivity index (χ1v) is 6.86. The van der Waals surface area contributed by atoms with Crippen molar-refractivity contribution < 1.29 is 4.79 Å². The molecule has 0 aliphatic carbocycles. The van der Waals surface area contributed by atoms with Crippen molar-refractivity contribution in [3.63, 3.8) is 0 Å². The standard InChI is InChI=1S/C16H22N2O/c1-2-3-4-8-13-16(19)18-17-14-9-12-15-10-6-5-7-11-15/h5-7,9-12,14H,2-4,8,13H2,1H3,(H,18,19)/b12-9+,17-14+. The van der Waals surface area contributed by atoms with Crippen LogP contribution in [0.1, 0.15) is 44.6 Å². The second-order valence-corrected chi connectivity index (χ2v) is 4.39. The first kappa shape index (κ1) is 15.2. The van der Waals surface area contributed by atoms with Crippen LogP contribution in [0.4, 0.5) is 0 Å². The first-order chi connectivity index (χ1) is 9.33. The third-order valence-corrected chi connectivity index (χ3v) is 2.70. The van der Waals surface area contributed by atoms with E-state index in [1.54, 1.807) is 6.21 Å². The molecule has 0 fully saturated rings. The number of amides is 1. The zero-order chi connectivity index (χ0) is 13.8. The van der Waals surface area contributed by atoms with E-state index in [9.17, 15) is 4.79 Å². The monoisotopic (exact) mass is 258 g/mol. The van der Waals surface area contributed by atoms with E-state index in [1.807, 2.05) is 42.5 Å². The molecule has 0 saturated heterocycles. The maximum Gasteiger partial charge on any atom is 0.240 e. The predicted molar refractivity (Wildman–Crippen MR) is 80.9 cm³/mol. The van der Waals surface area contributed by atoms with Crippen molar-refractivity contribution in [2.24, 2.45) is 5.10 Å². The van der Waals surface area contributed by atoms with Crippen LogP contribution in [0, 0.1) is 0 Å². The van der Waals surface area contributed by atoms with Crippen LogP contribution in [0.2, 0.25) is 0 Å². The van der Waals surface area contributed by atoms with Gasteiger partial charge in [0.05, 0.1) is 0 Å². The average molecular weight is 258 g/mol. The van der Waals surface area contributed by atoms with Crippen molar-refractivity contribution in [3.05, 3.63) is 42.0 Å². The molecule has 3 heteroatoms. The molecule has 0 aromatic heterocycles. The molecule has 1 aromatic carbocycles. The third-order valence-electron chi connectivity index (χ3n) is 2.70. The van der Waals surface area contributed by atoms with Crippen molar-refractivity contribution in [2.45, 2.75) is 39.0 Å². The van der Waals surface area contributed by atoms with Crippen molar-refractivity contribution in [1.29, 1.82) is 0 Å². The lowest BCUT2D eigenvalue weighted by molar-refractivity contribution is -0.121. The van der Waals surface area contributed by atoms with Crippen molar-refractivity contribution in [2.75, 3.05) is 0 Å². The number of hydrazone groups is 1. The lowest BCUT2D eigenvalue weighted by atomic mass is 10.1. The average Bonchev–Trinajstić information content (AvgIpc) is 2.44. The molecular weight excluding hydrogens is 236 g/mol. The van der Waals surface area contributed by atoms with Crippen LogP contribution in [0.3, 0.4) is 0 Å². The molecule has 1 aromatic rings. The van der Waals surface area contributed by atoms with Crippen LogP contribution in [0.5, 0.6) is 0 Å². The zero-order valence-electron chi connectivity index (χ0n) is 11.5. The van der Waals surface area contributed by atoms with Gasteiger partial charge in [-0.25, -0.2) is 5.43 Å². The molecule has 1 amide bonds. The van der Waals surface area contributed by atoms with Gasteiger partial charge in [0.25, 0.3) is 0 Å². The summed E-state index contributed by atoms with van der Waals surface area (Å²) in [5.74, 6) is -0.0135. The molecular formula is C16H22N2O. The molecule has 3 nitrogen and oxygen atoms in total. The highest BCUT2D eigenvalue weighted by molar-refractivity contribution is 5.81. The fourth-order valence-electron chi connectivity index (χ4n) is 1.64. The van der Waals surface area contributed by atoms with Gasteiger partial charge in [-0.2, -0.15) is 5.10 Å². The molecule has 19 heavy (non-hydrogen) atoms. The predicted octanol–water partition coefficient (Wildman–Crippen LogP) is 3.77. The van der Waals surface area contributed by atoms with E-state index in [1.165, 1.54) is 12.8 Å². The summed E-state index contributed by atoms with van der Waals surface area (Å²) in [5, 5.41) is 3.87. The molecule has 0 heterocycles. The van der Waals surface area contributed by atoms with Crippen LogP contribution < -0.4 is 5.43 Å². The van der Waals surface area contributed by atoms with Gasteiger partial charge in [-0.15, -0.1) is 0 Å². The van der Waals surface area contributed by atoms with Gasteiger partial charge in [-0.1, -0.05) is 62.6 Å². The topological polar surface area (TPSA) is 41.5 Å². The van der Waals surface area contributed by atoms with E-state index < -0.39 is 0 Å². The lowest BCUT2D eigenvalue weighted by Crippen LogP contribution is -2.16. The highest BCUT2D eigenvalue weighted by Gasteiger charge is 1.97. The molecule has 0 radical (unpaired) electrons. The Labute approximate surface area is 115 Å². The number of benzene rings is 1. The van der Waals surface area contributed by atoms with Gasteiger partial charge < -0.3 is 0 Å². The maximum absolute atomic E-state index is 11.4. The number of nitrogens with zero attached hydrogens (tertiary/aromatic N) is 1. The Hall–Kier alpha value is -1.90. The molecule has 0 unspecified atom stereocenters. The van der Waals surface area contributed by atoms with Gasteiger partial charge in [0.2, 0.25) is 5.91 Å². The summed E-state index contributed by atoms with van der Waals surface area (Å²) in [6, 6.07) is 9.96. The van der Waals surface area contributed by atoms with E-state index in [4.69, 9.17) is 0 Å². The fourth-order valence-corrected chi connectivity index (χ4v) is 1.64. The highest BCUT2D eigenvalue weighted by atomic mass is 16.2. The molecule has 1 N–H and O–H groups in total. The number of hydrogen-bond donors (Lipinski definition) is 1. The second kappa shape index (κ2) is 10.1. The number of nitrogens with one attached hydrogen (secondary N) is 1. The molecule has 0 spiro atoms. The Balaban J connectivity index is 2.16. The molecule has 0 bridgehead atoms. The number of unbranched alkanes of at least 4 members (excludes halogenated alkanes) is 3. The van der Waals surface area contributed by atoms with Gasteiger partial charge in [-0.3, -0.25) is 4.79 Å².